The van der Waals surface area contributed by atoms with Gasteiger partial charge in [0.15, 0.2) is 0 Å². The summed E-state index contributed by atoms with van der Waals surface area (Å²) in [4.78, 5) is 13.7. The Hall–Kier alpha value is 0.326. The van der Waals surface area contributed by atoms with E-state index in [1.54, 1.807) is 0 Å². The molecule has 4 heteroatoms. The first-order valence-electron chi connectivity index (χ1n) is 5.39. The molecule has 0 atom stereocenters. The number of carbonyl (C=O) groups is 1. The van der Waals surface area contributed by atoms with Gasteiger partial charge in [0.05, 0.1) is 0 Å². The van der Waals surface area contributed by atoms with Gasteiger partial charge in [-0.05, 0) is 17.6 Å². The Bertz CT molecular complexity index is 164. The molecule has 0 aromatic heterocycles. The van der Waals surface area contributed by atoms with Crippen LogP contribution >= 0.6 is 11.8 Å². The van der Waals surface area contributed by atoms with E-state index in [0.29, 0.717) is 11.8 Å². The zero-order valence-electron chi connectivity index (χ0n) is 10.4. The smallest absolute Gasteiger partial charge is 0.281 e. The number of thioether (sulfide) groups is 1. The summed E-state index contributed by atoms with van der Waals surface area (Å²) in [6.45, 7) is 12.4. The van der Waals surface area contributed by atoms with Crippen molar-refractivity contribution in [2.45, 2.75) is 34.6 Å². The standard InChI is InChI=1S/C11H23NOS.Co/c1-6-14-11(13)12(7-9(2)3)8-10(4)5;/h9-10H,6-8H2,1-5H3;. The summed E-state index contributed by atoms with van der Waals surface area (Å²) in [5.41, 5.74) is 0. The van der Waals surface area contributed by atoms with E-state index in [1.807, 2.05) is 11.8 Å². The average molecular weight is 276 g/mol. The number of rotatable bonds is 5. The molecule has 0 aromatic rings. The van der Waals surface area contributed by atoms with Crippen molar-refractivity contribution < 1.29 is 21.6 Å². The zero-order valence-corrected chi connectivity index (χ0v) is 12.2. The van der Waals surface area contributed by atoms with Crippen LogP contribution in [0.5, 0.6) is 0 Å². The average Bonchev–Trinajstić information content (AvgIpc) is 2.01. The van der Waals surface area contributed by atoms with Crippen LogP contribution in [0.25, 0.3) is 0 Å². The molecule has 0 saturated carbocycles. The quantitative estimate of drug-likeness (QED) is 0.766. The van der Waals surface area contributed by atoms with Gasteiger partial charge >= 0.3 is 0 Å². The molecule has 0 bridgehead atoms. The van der Waals surface area contributed by atoms with Crippen LogP contribution in [-0.2, 0) is 16.8 Å². The molecule has 0 fully saturated rings. The molecule has 0 heterocycles. The molecule has 2 nitrogen and oxygen atoms in total. The molecule has 0 N–H and O–H groups in total. The minimum absolute atomic E-state index is 0. The Morgan fingerprint density at radius 3 is 1.80 bits per heavy atom. The van der Waals surface area contributed by atoms with Crippen molar-refractivity contribution in [2.75, 3.05) is 18.8 Å². The van der Waals surface area contributed by atoms with Gasteiger partial charge in [-0.1, -0.05) is 46.4 Å². The first-order valence-corrected chi connectivity index (χ1v) is 6.37. The van der Waals surface area contributed by atoms with Crippen LogP contribution in [0.4, 0.5) is 4.79 Å². The monoisotopic (exact) mass is 276 g/mol. The summed E-state index contributed by atoms with van der Waals surface area (Å²) >= 11 is 1.41. The van der Waals surface area contributed by atoms with Gasteiger partial charge < -0.3 is 4.90 Å². The summed E-state index contributed by atoms with van der Waals surface area (Å²) in [6, 6.07) is 0. The maximum Gasteiger partial charge on any atom is 0.281 e. The minimum atomic E-state index is 0. The Morgan fingerprint density at radius 2 is 1.53 bits per heavy atom. The van der Waals surface area contributed by atoms with Gasteiger partial charge in [0, 0.05) is 29.9 Å². The van der Waals surface area contributed by atoms with E-state index in [0.717, 1.165) is 18.8 Å². The molecule has 0 spiro atoms. The SMILES string of the molecule is CCSC(=O)N(CC(C)C)CC(C)C.[Co]. The van der Waals surface area contributed by atoms with Crippen LogP contribution in [-0.4, -0.2) is 29.0 Å². The molecular formula is C11H23CoNOS. The van der Waals surface area contributed by atoms with Crippen LogP contribution in [0.15, 0.2) is 0 Å². The molecule has 0 aliphatic carbocycles. The van der Waals surface area contributed by atoms with E-state index in [4.69, 9.17) is 0 Å². The van der Waals surface area contributed by atoms with E-state index in [-0.39, 0.29) is 22.0 Å². The molecule has 0 aliphatic heterocycles. The van der Waals surface area contributed by atoms with Crippen molar-refractivity contribution in [3.63, 3.8) is 0 Å². The van der Waals surface area contributed by atoms with Gasteiger partial charge in [0.25, 0.3) is 5.24 Å². The zero-order chi connectivity index (χ0) is 11.1. The Kier molecular flexibility index (Phi) is 11.3. The third-order valence-electron chi connectivity index (χ3n) is 1.70. The Balaban J connectivity index is 0. The summed E-state index contributed by atoms with van der Waals surface area (Å²) in [6.07, 6.45) is 0. The van der Waals surface area contributed by atoms with Crippen molar-refractivity contribution >= 4 is 17.0 Å². The largest absolute Gasteiger partial charge is 0.333 e. The van der Waals surface area contributed by atoms with Gasteiger partial charge in [0.2, 0.25) is 0 Å². The molecule has 0 unspecified atom stereocenters. The Labute approximate surface area is 109 Å². The molecule has 1 radical (unpaired) electrons. The summed E-state index contributed by atoms with van der Waals surface area (Å²) in [5, 5.41) is 0.231. The van der Waals surface area contributed by atoms with Crippen molar-refractivity contribution in [3.8, 4) is 0 Å². The van der Waals surface area contributed by atoms with Gasteiger partial charge in [-0.2, -0.15) is 0 Å². The van der Waals surface area contributed by atoms with E-state index in [1.165, 1.54) is 11.8 Å². The number of hydrogen-bond acceptors (Lipinski definition) is 2. The van der Waals surface area contributed by atoms with Crippen LogP contribution in [0, 0.1) is 11.8 Å². The number of hydrogen-bond donors (Lipinski definition) is 0. The minimum Gasteiger partial charge on any atom is -0.333 e. The van der Waals surface area contributed by atoms with Gasteiger partial charge in [0.1, 0.15) is 0 Å². The number of amides is 1. The third-order valence-corrected chi connectivity index (χ3v) is 2.49. The Morgan fingerprint density at radius 1 is 1.13 bits per heavy atom. The van der Waals surface area contributed by atoms with Gasteiger partial charge in [-0.25, -0.2) is 0 Å². The summed E-state index contributed by atoms with van der Waals surface area (Å²) in [5.74, 6) is 1.97. The molecule has 15 heavy (non-hydrogen) atoms. The second-order valence-electron chi connectivity index (χ2n) is 4.39. The van der Waals surface area contributed by atoms with E-state index in [2.05, 4.69) is 27.7 Å². The maximum absolute atomic E-state index is 11.7. The summed E-state index contributed by atoms with van der Waals surface area (Å²) in [7, 11) is 0. The number of carbonyl (C=O) groups excluding carboxylic acids is 1. The van der Waals surface area contributed by atoms with Crippen molar-refractivity contribution in [2.24, 2.45) is 11.8 Å². The normalized spacial score (nSPS) is 10.3. The van der Waals surface area contributed by atoms with Gasteiger partial charge in [-0.3, -0.25) is 4.79 Å². The molecular weight excluding hydrogens is 253 g/mol. The maximum atomic E-state index is 11.7. The van der Waals surface area contributed by atoms with Crippen LogP contribution in [0.3, 0.4) is 0 Å². The molecule has 0 aromatic carbocycles. The first kappa shape index (κ1) is 17.7. The van der Waals surface area contributed by atoms with Crippen LogP contribution < -0.4 is 0 Å². The third kappa shape index (κ3) is 9.27. The topological polar surface area (TPSA) is 20.3 Å². The van der Waals surface area contributed by atoms with Crippen LogP contribution in [0.2, 0.25) is 0 Å². The molecule has 93 valence electrons. The van der Waals surface area contributed by atoms with Gasteiger partial charge in [-0.15, -0.1) is 0 Å². The molecule has 0 aliphatic rings. The van der Waals surface area contributed by atoms with Crippen molar-refractivity contribution in [3.05, 3.63) is 0 Å². The van der Waals surface area contributed by atoms with E-state index in [9.17, 15) is 4.79 Å². The number of nitrogens with zero attached hydrogens (tertiary/aromatic N) is 1. The van der Waals surface area contributed by atoms with E-state index < -0.39 is 0 Å². The fraction of sp³-hybridized carbons (Fsp3) is 0.909. The molecule has 0 rings (SSSR count). The summed E-state index contributed by atoms with van der Waals surface area (Å²) < 4.78 is 0. The van der Waals surface area contributed by atoms with Crippen LogP contribution in [0.1, 0.15) is 34.6 Å². The fourth-order valence-corrected chi connectivity index (χ4v) is 1.90. The van der Waals surface area contributed by atoms with E-state index >= 15 is 0 Å². The molecule has 0 saturated heterocycles. The predicted octanol–water partition coefficient (Wildman–Crippen LogP) is 3.47. The second-order valence-corrected chi connectivity index (χ2v) is 5.61. The first-order chi connectivity index (χ1) is 6.47. The van der Waals surface area contributed by atoms with Crippen molar-refractivity contribution in [1.29, 1.82) is 0 Å². The second kappa shape index (κ2) is 9.55. The fourth-order valence-electron chi connectivity index (χ4n) is 1.32. The predicted molar refractivity (Wildman–Crippen MR) is 64.8 cm³/mol. The van der Waals surface area contributed by atoms with Crippen molar-refractivity contribution in [1.82, 2.24) is 4.90 Å². The molecule has 1 amide bonds.